The highest BCUT2D eigenvalue weighted by Crippen LogP contribution is 2.31. The van der Waals surface area contributed by atoms with Crippen LogP contribution in [0.5, 0.6) is 0 Å². The average Bonchev–Trinajstić information content (AvgIpc) is 3.00. The van der Waals surface area contributed by atoms with E-state index in [1.54, 1.807) is 21.0 Å². The average molecular weight is 402 g/mol. The Hall–Kier alpha value is -1.00. The number of nitrogens with one attached hydrogen (secondary N) is 1. The number of likely N-dealkylation sites (tertiary alicyclic amines) is 1. The monoisotopic (exact) mass is 401 g/mol. The number of methoxy groups -OCH3 is 1. The van der Waals surface area contributed by atoms with Gasteiger partial charge in [0.1, 0.15) is 10.6 Å². The maximum atomic E-state index is 13.1. The minimum absolute atomic E-state index is 0.158. The molecular weight excluding hydrogens is 370 g/mol. The lowest BCUT2D eigenvalue weighted by molar-refractivity contribution is 0.0127. The van der Waals surface area contributed by atoms with E-state index in [1.165, 1.54) is 0 Å². The minimum atomic E-state index is -3.71. The zero-order chi connectivity index (χ0) is 19.5. The second-order valence-corrected chi connectivity index (χ2v) is 9.28. The van der Waals surface area contributed by atoms with Crippen molar-refractivity contribution in [3.8, 4) is 0 Å². The van der Waals surface area contributed by atoms with Crippen molar-refractivity contribution in [3.05, 3.63) is 11.5 Å². The summed E-state index contributed by atoms with van der Waals surface area (Å²) >= 11 is 0. The van der Waals surface area contributed by atoms with Gasteiger partial charge in [0.15, 0.2) is 5.76 Å². The second kappa shape index (κ2) is 8.57. The van der Waals surface area contributed by atoms with Crippen LogP contribution in [0.25, 0.3) is 0 Å². The maximum absolute atomic E-state index is 13.1. The quantitative estimate of drug-likeness (QED) is 0.742. The minimum Gasteiger partial charge on any atom is -0.385 e. The van der Waals surface area contributed by atoms with Crippen molar-refractivity contribution in [2.24, 2.45) is 0 Å². The van der Waals surface area contributed by atoms with E-state index in [2.05, 4.69) is 14.8 Å². The number of piperidine rings is 1. The summed E-state index contributed by atoms with van der Waals surface area (Å²) in [6, 6.07) is 0.540. The molecule has 3 rings (SSSR count). The Morgan fingerprint density at radius 1 is 1.26 bits per heavy atom. The van der Waals surface area contributed by atoms with E-state index in [9.17, 15) is 8.42 Å². The van der Waals surface area contributed by atoms with Crippen LogP contribution in [0, 0.1) is 13.8 Å². The molecule has 2 saturated heterocycles. The molecule has 9 heteroatoms. The van der Waals surface area contributed by atoms with Crippen LogP contribution in [0.15, 0.2) is 9.42 Å². The molecule has 0 saturated carbocycles. The molecule has 0 atom stereocenters. The van der Waals surface area contributed by atoms with Crippen LogP contribution in [0.4, 0.5) is 0 Å². The van der Waals surface area contributed by atoms with Crippen LogP contribution in [-0.2, 0) is 19.5 Å². The highest BCUT2D eigenvalue weighted by molar-refractivity contribution is 7.89. The molecule has 0 aromatic carbocycles. The molecule has 8 nitrogen and oxygen atoms in total. The number of ether oxygens (including phenoxy) is 2. The molecule has 1 aromatic rings. The molecule has 27 heavy (non-hydrogen) atoms. The molecule has 2 fully saturated rings. The zero-order valence-corrected chi connectivity index (χ0v) is 17.3. The highest BCUT2D eigenvalue weighted by atomic mass is 32.2. The predicted octanol–water partition coefficient (Wildman–Crippen LogP) is 1.62. The largest absolute Gasteiger partial charge is 0.385 e. The van der Waals surface area contributed by atoms with Gasteiger partial charge < -0.3 is 18.9 Å². The Labute approximate surface area is 161 Å². The predicted molar refractivity (Wildman–Crippen MR) is 100 cm³/mol. The number of aromatic nitrogens is 1. The van der Waals surface area contributed by atoms with E-state index in [4.69, 9.17) is 14.0 Å². The van der Waals surface area contributed by atoms with Crippen molar-refractivity contribution in [2.45, 2.75) is 62.4 Å². The summed E-state index contributed by atoms with van der Waals surface area (Å²) in [7, 11) is -2.06. The van der Waals surface area contributed by atoms with Crippen LogP contribution < -0.4 is 4.72 Å². The number of hydrogen-bond acceptors (Lipinski definition) is 7. The van der Waals surface area contributed by atoms with Gasteiger partial charge in [-0.2, -0.15) is 0 Å². The van der Waals surface area contributed by atoms with Crippen LogP contribution in [-0.4, -0.2) is 70.1 Å². The molecule has 0 bridgehead atoms. The Morgan fingerprint density at radius 3 is 2.48 bits per heavy atom. The van der Waals surface area contributed by atoms with E-state index < -0.39 is 15.6 Å². The van der Waals surface area contributed by atoms with E-state index in [-0.39, 0.29) is 4.90 Å². The van der Waals surface area contributed by atoms with Gasteiger partial charge in [0.25, 0.3) is 0 Å². The van der Waals surface area contributed by atoms with Crippen LogP contribution >= 0.6 is 0 Å². The molecule has 1 N–H and O–H groups in total. The molecule has 154 valence electrons. The lowest BCUT2D eigenvalue weighted by atomic mass is 9.84. The smallest absolute Gasteiger partial charge is 0.246 e. The second-order valence-electron chi connectivity index (χ2n) is 7.66. The first-order chi connectivity index (χ1) is 12.9. The fourth-order valence-electron chi connectivity index (χ4n) is 4.26. The molecule has 0 radical (unpaired) electrons. The van der Waals surface area contributed by atoms with E-state index in [1.807, 2.05) is 0 Å². The summed E-state index contributed by atoms with van der Waals surface area (Å²) in [6.45, 7) is 7.17. The third kappa shape index (κ3) is 4.71. The number of rotatable bonds is 7. The van der Waals surface area contributed by atoms with Crippen molar-refractivity contribution in [1.29, 1.82) is 0 Å². The Bertz CT molecular complexity index is 700. The topological polar surface area (TPSA) is 93.9 Å². The highest BCUT2D eigenvalue weighted by Gasteiger charge is 2.41. The SMILES string of the molecule is COCCC1(NS(=O)(=O)c2c(C)noc2C)CCN(C2CCOCC2)CC1. The van der Waals surface area contributed by atoms with Gasteiger partial charge in [0.2, 0.25) is 10.0 Å². The number of aryl methyl sites for hydroxylation is 2. The molecule has 2 aliphatic rings. The molecule has 0 aliphatic carbocycles. The number of sulfonamides is 1. The first-order valence-corrected chi connectivity index (χ1v) is 11.1. The van der Waals surface area contributed by atoms with Crippen molar-refractivity contribution in [3.63, 3.8) is 0 Å². The standard InChI is InChI=1S/C18H31N3O5S/c1-14-17(15(2)26-19-14)27(22,23)20-18(8-13-24-3)6-9-21(10-7-18)16-4-11-25-12-5-16/h16,20H,4-13H2,1-3H3. The van der Waals surface area contributed by atoms with Crippen LogP contribution in [0.2, 0.25) is 0 Å². The number of hydrogen-bond donors (Lipinski definition) is 1. The molecular formula is C18H31N3O5S. The molecule has 1 aromatic heterocycles. The maximum Gasteiger partial charge on any atom is 0.246 e. The summed E-state index contributed by atoms with van der Waals surface area (Å²) in [4.78, 5) is 2.64. The van der Waals surface area contributed by atoms with Gasteiger partial charge >= 0.3 is 0 Å². The Kier molecular flexibility index (Phi) is 6.58. The Balaban J connectivity index is 1.74. The van der Waals surface area contributed by atoms with Crippen molar-refractivity contribution < 1.29 is 22.4 Å². The van der Waals surface area contributed by atoms with Gasteiger partial charge in [-0.3, -0.25) is 0 Å². The van der Waals surface area contributed by atoms with E-state index in [0.29, 0.717) is 30.5 Å². The lowest BCUT2D eigenvalue weighted by Crippen LogP contribution is -2.57. The van der Waals surface area contributed by atoms with Gasteiger partial charge in [-0.15, -0.1) is 0 Å². The third-order valence-corrected chi connectivity index (χ3v) is 7.66. The van der Waals surface area contributed by atoms with Gasteiger partial charge in [-0.05, 0) is 46.0 Å². The van der Waals surface area contributed by atoms with E-state index >= 15 is 0 Å². The lowest BCUT2D eigenvalue weighted by Gasteiger charge is -2.45. The first-order valence-electron chi connectivity index (χ1n) is 9.64. The molecule has 3 heterocycles. The summed E-state index contributed by atoms with van der Waals surface area (Å²) in [5.41, 5.74) is -0.117. The van der Waals surface area contributed by atoms with Crippen molar-refractivity contribution in [1.82, 2.24) is 14.8 Å². The Morgan fingerprint density at radius 2 is 1.93 bits per heavy atom. The molecule has 0 amide bonds. The molecule has 0 unspecified atom stereocenters. The zero-order valence-electron chi connectivity index (χ0n) is 16.5. The molecule has 2 aliphatic heterocycles. The van der Waals surface area contributed by atoms with E-state index in [0.717, 1.165) is 52.0 Å². The first kappa shape index (κ1) is 20.7. The van der Waals surface area contributed by atoms with Gasteiger partial charge in [0.05, 0.1) is 0 Å². The summed E-state index contributed by atoms with van der Waals surface area (Å²) in [5, 5.41) is 3.79. The van der Waals surface area contributed by atoms with Crippen LogP contribution in [0.1, 0.15) is 43.6 Å². The van der Waals surface area contributed by atoms with Crippen LogP contribution in [0.3, 0.4) is 0 Å². The molecule has 0 spiro atoms. The van der Waals surface area contributed by atoms with Crippen molar-refractivity contribution in [2.75, 3.05) is 40.0 Å². The summed E-state index contributed by atoms with van der Waals surface area (Å²) in [5.74, 6) is 0.321. The fraction of sp³-hybridized carbons (Fsp3) is 0.833. The summed E-state index contributed by atoms with van der Waals surface area (Å²) < 4.78 is 44.9. The van der Waals surface area contributed by atoms with Gasteiger partial charge in [-0.25, -0.2) is 13.1 Å². The third-order valence-electron chi connectivity index (χ3n) is 5.83. The number of nitrogens with zero attached hydrogens (tertiary/aromatic N) is 2. The fourth-order valence-corrected chi connectivity index (χ4v) is 6.08. The normalized spacial score (nSPS) is 22.2. The van der Waals surface area contributed by atoms with Gasteiger partial charge in [0, 0.05) is 51.6 Å². The summed E-state index contributed by atoms with van der Waals surface area (Å²) in [6.07, 6.45) is 4.27. The van der Waals surface area contributed by atoms with Crippen molar-refractivity contribution >= 4 is 10.0 Å². The van der Waals surface area contributed by atoms with Gasteiger partial charge in [-0.1, -0.05) is 5.16 Å².